The molecule has 0 spiro atoms. The molecule has 0 aliphatic rings. The van der Waals surface area contributed by atoms with Crippen molar-refractivity contribution in [1.29, 1.82) is 0 Å². The van der Waals surface area contributed by atoms with E-state index in [9.17, 15) is 4.79 Å². The summed E-state index contributed by atoms with van der Waals surface area (Å²) in [6, 6.07) is 13.4. The number of rotatable bonds is 9. The van der Waals surface area contributed by atoms with Crippen LogP contribution in [0.3, 0.4) is 0 Å². The lowest BCUT2D eigenvalue weighted by atomic mass is 10.1. The normalized spacial score (nSPS) is 10.2. The standard InChI is InChI=1S/C19H24N2O4/c1-23-16-11-15(12-17(24-2)18(16)25-3)19(22)21-10-9-20-13-14-7-5-4-6-8-14/h4-8,11-12,20H,9-10,13H2,1-3H3,(H,21,22). The molecule has 0 bridgehead atoms. The van der Waals surface area contributed by atoms with E-state index in [0.717, 1.165) is 6.54 Å². The zero-order valence-electron chi connectivity index (χ0n) is 14.8. The first-order valence-corrected chi connectivity index (χ1v) is 8.02. The van der Waals surface area contributed by atoms with E-state index in [4.69, 9.17) is 14.2 Å². The van der Waals surface area contributed by atoms with Crippen molar-refractivity contribution in [2.45, 2.75) is 6.54 Å². The van der Waals surface area contributed by atoms with Crippen LogP contribution >= 0.6 is 0 Å². The molecule has 0 radical (unpaired) electrons. The monoisotopic (exact) mass is 344 g/mol. The van der Waals surface area contributed by atoms with Gasteiger partial charge in [0.1, 0.15) is 0 Å². The molecule has 6 heteroatoms. The molecule has 0 heterocycles. The molecule has 2 rings (SSSR count). The third-order valence-electron chi connectivity index (χ3n) is 3.69. The first-order valence-electron chi connectivity index (χ1n) is 8.02. The van der Waals surface area contributed by atoms with Crippen molar-refractivity contribution in [2.75, 3.05) is 34.4 Å². The van der Waals surface area contributed by atoms with Crippen molar-refractivity contribution in [3.63, 3.8) is 0 Å². The second kappa shape index (κ2) is 9.54. The maximum absolute atomic E-state index is 12.3. The van der Waals surface area contributed by atoms with Gasteiger partial charge >= 0.3 is 0 Å². The second-order valence-electron chi connectivity index (χ2n) is 5.33. The number of carbonyl (C=O) groups excluding carboxylic acids is 1. The van der Waals surface area contributed by atoms with Crippen molar-refractivity contribution < 1.29 is 19.0 Å². The molecule has 1 amide bonds. The van der Waals surface area contributed by atoms with Crippen molar-refractivity contribution in [3.05, 3.63) is 53.6 Å². The van der Waals surface area contributed by atoms with Crippen LogP contribution in [0.5, 0.6) is 17.2 Å². The van der Waals surface area contributed by atoms with Gasteiger partial charge in [-0.25, -0.2) is 0 Å². The molecular formula is C19H24N2O4. The Morgan fingerprint density at radius 2 is 1.56 bits per heavy atom. The van der Waals surface area contributed by atoms with Crippen LogP contribution in [-0.2, 0) is 6.54 Å². The van der Waals surface area contributed by atoms with Gasteiger partial charge in [0.2, 0.25) is 5.75 Å². The lowest BCUT2D eigenvalue weighted by Crippen LogP contribution is -2.31. The molecule has 2 aromatic carbocycles. The number of hydrogen-bond acceptors (Lipinski definition) is 5. The number of hydrogen-bond donors (Lipinski definition) is 2. The van der Waals surface area contributed by atoms with E-state index in [2.05, 4.69) is 22.8 Å². The fourth-order valence-corrected chi connectivity index (χ4v) is 2.41. The molecular weight excluding hydrogens is 320 g/mol. The van der Waals surface area contributed by atoms with E-state index in [1.54, 1.807) is 12.1 Å². The fraction of sp³-hybridized carbons (Fsp3) is 0.316. The highest BCUT2D eigenvalue weighted by molar-refractivity contribution is 5.95. The highest BCUT2D eigenvalue weighted by Crippen LogP contribution is 2.38. The Labute approximate surface area is 148 Å². The number of benzene rings is 2. The quantitative estimate of drug-likeness (QED) is 0.683. The summed E-state index contributed by atoms with van der Waals surface area (Å²) in [6.07, 6.45) is 0. The summed E-state index contributed by atoms with van der Waals surface area (Å²) < 4.78 is 15.8. The Kier molecular flexibility index (Phi) is 7.10. The van der Waals surface area contributed by atoms with Gasteiger partial charge in [-0.05, 0) is 17.7 Å². The van der Waals surface area contributed by atoms with Crippen LogP contribution in [0.25, 0.3) is 0 Å². The molecule has 0 aliphatic heterocycles. The molecule has 0 saturated heterocycles. The van der Waals surface area contributed by atoms with Gasteiger partial charge in [0.25, 0.3) is 5.91 Å². The van der Waals surface area contributed by atoms with Gasteiger partial charge in [-0.3, -0.25) is 4.79 Å². The third-order valence-corrected chi connectivity index (χ3v) is 3.69. The Morgan fingerprint density at radius 3 is 2.12 bits per heavy atom. The predicted molar refractivity (Wildman–Crippen MR) is 96.6 cm³/mol. The number of methoxy groups -OCH3 is 3. The van der Waals surface area contributed by atoms with Crippen LogP contribution in [0.1, 0.15) is 15.9 Å². The van der Waals surface area contributed by atoms with Gasteiger partial charge in [-0.2, -0.15) is 0 Å². The van der Waals surface area contributed by atoms with Gasteiger partial charge in [-0.1, -0.05) is 30.3 Å². The minimum Gasteiger partial charge on any atom is -0.493 e. The largest absolute Gasteiger partial charge is 0.493 e. The summed E-state index contributed by atoms with van der Waals surface area (Å²) in [5.41, 5.74) is 1.66. The van der Waals surface area contributed by atoms with E-state index in [1.165, 1.54) is 26.9 Å². The van der Waals surface area contributed by atoms with Gasteiger partial charge in [0, 0.05) is 25.2 Å². The molecule has 25 heavy (non-hydrogen) atoms. The Morgan fingerprint density at radius 1 is 0.920 bits per heavy atom. The summed E-state index contributed by atoms with van der Waals surface area (Å²) in [5.74, 6) is 1.18. The Hall–Kier alpha value is -2.73. The van der Waals surface area contributed by atoms with Crippen LogP contribution < -0.4 is 24.8 Å². The zero-order valence-corrected chi connectivity index (χ0v) is 14.8. The zero-order chi connectivity index (χ0) is 18.1. The van der Waals surface area contributed by atoms with Crippen LogP contribution in [0.2, 0.25) is 0 Å². The van der Waals surface area contributed by atoms with Crippen molar-refractivity contribution in [1.82, 2.24) is 10.6 Å². The van der Waals surface area contributed by atoms with Gasteiger partial charge < -0.3 is 24.8 Å². The smallest absolute Gasteiger partial charge is 0.251 e. The summed E-state index contributed by atoms with van der Waals surface area (Å²) in [6.45, 7) is 1.95. The second-order valence-corrected chi connectivity index (χ2v) is 5.33. The maximum atomic E-state index is 12.3. The van der Waals surface area contributed by atoms with Crippen molar-refractivity contribution >= 4 is 5.91 Å². The highest BCUT2D eigenvalue weighted by atomic mass is 16.5. The van der Waals surface area contributed by atoms with Crippen molar-refractivity contribution in [3.8, 4) is 17.2 Å². The predicted octanol–water partition coefficient (Wildman–Crippen LogP) is 2.23. The first-order chi connectivity index (χ1) is 12.2. The van der Waals surface area contributed by atoms with E-state index >= 15 is 0 Å². The van der Waals surface area contributed by atoms with Gasteiger partial charge in [-0.15, -0.1) is 0 Å². The van der Waals surface area contributed by atoms with Gasteiger partial charge in [0.05, 0.1) is 21.3 Å². The number of nitrogens with one attached hydrogen (secondary N) is 2. The van der Waals surface area contributed by atoms with E-state index < -0.39 is 0 Å². The Bertz CT molecular complexity index is 664. The van der Waals surface area contributed by atoms with E-state index in [-0.39, 0.29) is 5.91 Å². The lowest BCUT2D eigenvalue weighted by molar-refractivity contribution is 0.0953. The van der Waals surface area contributed by atoms with Crippen LogP contribution in [0.4, 0.5) is 0 Å². The summed E-state index contributed by atoms with van der Waals surface area (Å²) in [7, 11) is 4.57. The van der Waals surface area contributed by atoms with E-state index in [0.29, 0.717) is 35.9 Å². The molecule has 0 unspecified atom stereocenters. The number of amides is 1. The molecule has 0 saturated carbocycles. The highest BCUT2D eigenvalue weighted by Gasteiger charge is 2.16. The molecule has 6 nitrogen and oxygen atoms in total. The summed E-state index contributed by atoms with van der Waals surface area (Å²) in [5, 5.41) is 6.16. The average Bonchev–Trinajstić information content (AvgIpc) is 2.67. The molecule has 0 fully saturated rings. The first kappa shape index (κ1) is 18.6. The average molecular weight is 344 g/mol. The maximum Gasteiger partial charge on any atom is 0.251 e. The summed E-state index contributed by atoms with van der Waals surface area (Å²) in [4.78, 5) is 12.3. The number of carbonyl (C=O) groups is 1. The van der Waals surface area contributed by atoms with Gasteiger partial charge in [0.15, 0.2) is 11.5 Å². The summed E-state index contributed by atoms with van der Waals surface area (Å²) >= 11 is 0. The minimum absolute atomic E-state index is 0.194. The number of ether oxygens (including phenoxy) is 3. The van der Waals surface area contributed by atoms with E-state index in [1.807, 2.05) is 18.2 Å². The van der Waals surface area contributed by atoms with Crippen LogP contribution in [0.15, 0.2) is 42.5 Å². The SMILES string of the molecule is COc1cc(C(=O)NCCNCc2ccccc2)cc(OC)c1OC. The molecule has 0 aromatic heterocycles. The lowest BCUT2D eigenvalue weighted by Gasteiger charge is -2.14. The molecule has 0 atom stereocenters. The third kappa shape index (κ3) is 5.12. The minimum atomic E-state index is -0.194. The molecule has 2 aromatic rings. The van der Waals surface area contributed by atoms with Crippen molar-refractivity contribution in [2.24, 2.45) is 0 Å². The fourth-order valence-electron chi connectivity index (χ4n) is 2.41. The topological polar surface area (TPSA) is 68.8 Å². The molecule has 134 valence electrons. The Balaban J connectivity index is 1.88. The molecule has 2 N–H and O–H groups in total. The van der Waals surface area contributed by atoms with Crippen LogP contribution in [0, 0.1) is 0 Å². The van der Waals surface area contributed by atoms with Crippen LogP contribution in [-0.4, -0.2) is 40.3 Å². The molecule has 0 aliphatic carbocycles.